The highest BCUT2D eigenvalue weighted by Crippen LogP contribution is 2.23. The van der Waals surface area contributed by atoms with Gasteiger partial charge in [-0.2, -0.15) is 0 Å². The lowest BCUT2D eigenvalue weighted by Crippen LogP contribution is -2.30. The van der Waals surface area contributed by atoms with E-state index in [4.69, 9.17) is 5.11 Å². The summed E-state index contributed by atoms with van der Waals surface area (Å²) in [5.74, 6) is -0.608. The first kappa shape index (κ1) is 12.0. The van der Waals surface area contributed by atoms with Crippen LogP contribution in [0.1, 0.15) is 24.2 Å². The summed E-state index contributed by atoms with van der Waals surface area (Å²) in [4.78, 5) is 28.3. The van der Waals surface area contributed by atoms with Crippen molar-refractivity contribution in [2.24, 2.45) is 4.99 Å². The summed E-state index contributed by atoms with van der Waals surface area (Å²) in [6.45, 7) is 3.49. The van der Waals surface area contributed by atoms with Gasteiger partial charge >= 0.3 is 5.97 Å². The lowest BCUT2D eigenvalue weighted by Gasteiger charge is -2.15. The number of anilines is 1. The summed E-state index contributed by atoms with van der Waals surface area (Å²) in [5.41, 5.74) is 1.20. The van der Waals surface area contributed by atoms with E-state index in [0.29, 0.717) is 17.2 Å². The Labute approximate surface area is 104 Å². The number of carboxylic acids is 1. The van der Waals surface area contributed by atoms with Gasteiger partial charge in [0.1, 0.15) is 11.5 Å². The Morgan fingerprint density at radius 2 is 1.94 bits per heavy atom. The fourth-order valence-electron chi connectivity index (χ4n) is 1.78. The molecule has 0 unspecified atom stereocenters. The maximum absolute atomic E-state index is 12.0. The van der Waals surface area contributed by atoms with Crippen LogP contribution in [0.4, 0.5) is 5.69 Å². The molecule has 1 aliphatic rings. The number of amidine groups is 1. The van der Waals surface area contributed by atoms with Crippen molar-refractivity contribution in [2.75, 3.05) is 4.90 Å². The minimum Gasteiger partial charge on any atom is -0.478 e. The third kappa shape index (κ3) is 1.90. The van der Waals surface area contributed by atoms with Crippen LogP contribution in [0.25, 0.3) is 0 Å². The molecular formula is C13H12N2O3. The Hall–Kier alpha value is -2.43. The lowest BCUT2D eigenvalue weighted by molar-refractivity contribution is -0.113. The zero-order valence-electron chi connectivity index (χ0n) is 10.0. The van der Waals surface area contributed by atoms with Crippen LogP contribution < -0.4 is 4.90 Å². The molecule has 18 heavy (non-hydrogen) atoms. The van der Waals surface area contributed by atoms with E-state index in [1.807, 2.05) is 0 Å². The Bertz CT molecular complexity index is 568. The predicted octanol–water partition coefficient (Wildman–Crippen LogP) is 2.05. The zero-order valence-corrected chi connectivity index (χ0v) is 10.0. The molecule has 0 radical (unpaired) electrons. The number of aliphatic imine (C=N–C) groups is 1. The average molecular weight is 244 g/mol. The van der Waals surface area contributed by atoms with Gasteiger partial charge in [-0.3, -0.25) is 9.69 Å². The molecule has 1 aliphatic heterocycles. The van der Waals surface area contributed by atoms with E-state index in [9.17, 15) is 9.59 Å². The molecule has 0 fully saturated rings. The van der Waals surface area contributed by atoms with Crippen molar-refractivity contribution < 1.29 is 14.7 Å². The van der Waals surface area contributed by atoms with Crippen LogP contribution in [-0.4, -0.2) is 22.8 Å². The number of amides is 1. The summed E-state index contributed by atoms with van der Waals surface area (Å²) in [6, 6.07) is 6.12. The van der Waals surface area contributed by atoms with Gasteiger partial charge in [0.2, 0.25) is 0 Å². The number of carbonyl (C=O) groups is 2. The minimum atomic E-state index is -0.992. The molecule has 0 atom stereocenters. The summed E-state index contributed by atoms with van der Waals surface area (Å²) in [6.07, 6.45) is 1.65. The number of aromatic carboxylic acids is 1. The molecule has 0 saturated carbocycles. The molecule has 1 amide bonds. The summed E-state index contributed by atoms with van der Waals surface area (Å²) in [5, 5.41) is 8.81. The number of rotatable bonds is 2. The summed E-state index contributed by atoms with van der Waals surface area (Å²) in [7, 11) is 0. The molecule has 0 aromatic heterocycles. The fourth-order valence-corrected chi connectivity index (χ4v) is 1.78. The van der Waals surface area contributed by atoms with Crippen LogP contribution >= 0.6 is 0 Å². The maximum Gasteiger partial charge on any atom is 0.335 e. The maximum atomic E-state index is 12.0. The minimum absolute atomic E-state index is 0.186. The smallest absolute Gasteiger partial charge is 0.335 e. The topological polar surface area (TPSA) is 70.0 Å². The van der Waals surface area contributed by atoms with Gasteiger partial charge in [-0.05, 0) is 38.1 Å². The van der Waals surface area contributed by atoms with Gasteiger partial charge in [0.15, 0.2) is 0 Å². The van der Waals surface area contributed by atoms with Gasteiger partial charge in [0.25, 0.3) is 5.91 Å². The van der Waals surface area contributed by atoms with Crippen molar-refractivity contribution in [1.82, 2.24) is 0 Å². The zero-order chi connectivity index (χ0) is 13.3. The highest BCUT2D eigenvalue weighted by atomic mass is 16.4. The summed E-state index contributed by atoms with van der Waals surface area (Å²) >= 11 is 0. The molecule has 1 N–H and O–H groups in total. The van der Waals surface area contributed by atoms with E-state index < -0.39 is 5.97 Å². The lowest BCUT2D eigenvalue weighted by atomic mass is 10.2. The largest absolute Gasteiger partial charge is 0.478 e. The quantitative estimate of drug-likeness (QED) is 0.809. The number of carbonyl (C=O) groups excluding carboxylic acids is 1. The van der Waals surface area contributed by atoms with E-state index in [2.05, 4.69) is 4.99 Å². The van der Waals surface area contributed by atoms with Crippen molar-refractivity contribution in [3.05, 3.63) is 41.6 Å². The number of nitrogens with zero attached hydrogens (tertiary/aromatic N) is 2. The van der Waals surface area contributed by atoms with Gasteiger partial charge in [0.05, 0.1) is 11.3 Å². The van der Waals surface area contributed by atoms with E-state index in [-0.39, 0.29) is 11.5 Å². The Morgan fingerprint density at radius 1 is 1.33 bits per heavy atom. The predicted molar refractivity (Wildman–Crippen MR) is 67.8 cm³/mol. The second-order valence-electron chi connectivity index (χ2n) is 3.83. The van der Waals surface area contributed by atoms with Crippen LogP contribution in [0.15, 0.2) is 41.0 Å². The number of carboxylic acid groups (broad SMARTS) is 1. The Balaban J connectivity index is 2.36. The first-order valence-electron chi connectivity index (χ1n) is 5.44. The second kappa shape index (κ2) is 4.44. The van der Waals surface area contributed by atoms with Gasteiger partial charge < -0.3 is 5.11 Å². The molecule has 0 spiro atoms. The number of allylic oxidation sites excluding steroid dienone is 1. The second-order valence-corrected chi connectivity index (χ2v) is 3.83. The molecule has 1 aromatic carbocycles. The molecule has 1 aromatic rings. The molecule has 92 valence electrons. The number of benzene rings is 1. The third-order valence-electron chi connectivity index (χ3n) is 2.67. The molecule has 1 heterocycles. The van der Waals surface area contributed by atoms with Crippen LogP contribution in [0.3, 0.4) is 0 Å². The Morgan fingerprint density at radius 3 is 2.39 bits per heavy atom. The van der Waals surface area contributed by atoms with Gasteiger partial charge in [-0.25, -0.2) is 9.79 Å². The molecule has 5 heteroatoms. The van der Waals surface area contributed by atoms with Crippen LogP contribution in [0.2, 0.25) is 0 Å². The SMILES string of the molecule is C/C=C1/N=C(C)N(c2ccc(C(=O)O)cc2)C1=O. The summed E-state index contributed by atoms with van der Waals surface area (Å²) < 4.78 is 0. The standard InChI is InChI=1S/C13H12N2O3/c1-3-11-12(16)15(8(2)14-11)10-6-4-9(5-7-10)13(17)18/h3-7H,1-2H3,(H,17,18)/b11-3+. The monoisotopic (exact) mass is 244 g/mol. The van der Waals surface area contributed by atoms with E-state index >= 15 is 0 Å². The normalized spacial score (nSPS) is 17.2. The van der Waals surface area contributed by atoms with E-state index in [1.165, 1.54) is 17.0 Å². The van der Waals surface area contributed by atoms with E-state index in [1.54, 1.807) is 32.1 Å². The molecule has 5 nitrogen and oxygen atoms in total. The fraction of sp³-hybridized carbons (Fsp3) is 0.154. The van der Waals surface area contributed by atoms with Gasteiger partial charge in [-0.1, -0.05) is 6.08 Å². The van der Waals surface area contributed by atoms with Crippen molar-refractivity contribution in [3.63, 3.8) is 0 Å². The highest BCUT2D eigenvalue weighted by Gasteiger charge is 2.28. The number of hydrogen-bond acceptors (Lipinski definition) is 3. The first-order valence-corrected chi connectivity index (χ1v) is 5.44. The molecule has 0 bridgehead atoms. The van der Waals surface area contributed by atoms with Crippen molar-refractivity contribution >= 4 is 23.4 Å². The highest BCUT2D eigenvalue weighted by molar-refractivity contribution is 6.26. The van der Waals surface area contributed by atoms with Crippen LogP contribution in [0.5, 0.6) is 0 Å². The van der Waals surface area contributed by atoms with Crippen molar-refractivity contribution in [2.45, 2.75) is 13.8 Å². The van der Waals surface area contributed by atoms with Crippen molar-refractivity contribution in [3.8, 4) is 0 Å². The van der Waals surface area contributed by atoms with E-state index in [0.717, 1.165) is 0 Å². The average Bonchev–Trinajstić information content (AvgIpc) is 2.64. The molecule has 0 saturated heterocycles. The van der Waals surface area contributed by atoms with Crippen LogP contribution in [-0.2, 0) is 4.79 Å². The molecule has 0 aliphatic carbocycles. The molecular weight excluding hydrogens is 232 g/mol. The van der Waals surface area contributed by atoms with Crippen molar-refractivity contribution in [1.29, 1.82) is 0 Å². The number of hydrogen-bond donors (Lipinski definition) is 1. The Kier molecular flexibility index (Phi) is 2.97. The molecule has 2 rings (SSSR count). The third-order valence-corrected chi connectivity index (χ3v) is 2.67. The van der Waals surface area contributed by atoms with Gasteiger partial charge in [-0.15, -0.1) is 0 Å². The van der Waals surface area contributed by atoms with Gasteiger partial charge in [0, 0.05) is 0 Å². The van der Waals surface area contributed by atoms with Crippen LogP contribution in [0, 0.1) is 0 Å². The first-order chi connectivity index (χ1) is 8.54.